The van der Waals surface area contributed by atoms with Crippen LogP contribution in [0.15, 0.2) is 47.7 Å². The topological polar surface area (TPSA) is 65.4 Å². The Balaban J connectivity index is 1.77. The van der Waals surface area contributed by atoms with Crippen LogP contribution in [0.2, 0.25) is 0 Å². The molecule has 1 fully saturated rings. The molecule has 0 aliphatic carbocycles. The van der Waals surface area contributed by atoms with Crippen molar-refractivity contribution in [3.05, 3.63) is 53.3 Å². The summed E-state index contributed by atoms with van der Waals surface area (Å²) < 4.78 is 5.50. The number of carbonyl (C=O) groups excluding carboxylic acids is 1. The molecule has 1 aromatic carbocycles. The summed E-state index contributed by atoms with van der Waals surface area (Å²) in [5.41, 5.74) is 3.37. The van der Waals surface area contributed by atoms with E-state index in [0.717, 1.165) is 30.8 Å². The van der Waals surface area contributed by atoms with Gasteiger partial charge in [-0.2, -0.15) is 5.26 Å². The lowest BCUT2D eigenvalue weighted by molar-refractivity contribution is -0.117. The predicted molar refractivity (Wildman–Crippen MR) is 102 cm³/mol. The van der Waals surface area contributed by atoms with E-state index in [1.807, 2.05) is 31.3 Å². The highest BCUT2D eigenvalue weighted by Gasteiger charge is 2.37. The van der Waals surface area contributed by atoms with Crippen LogP contribution in [0.4, 0.5) is 5.69 Å². The number of carbonyl (C=O) groups is 1. The van der Waals surface area contributed by atoms with Crippen molar-refractivity contribution in [3.63, 3.8) is 0 Å². The molecular formula is C21H25N3O2. The largest absolute Gasteiger partial charge is 0.376 e. The number of anilines is 1. The predicted octanol–water partition coefficient (Wildman–Crippen LogP) is 3.04. The highest BCUT2D eigenvalue weighted by molar-refractivity contribution is 5.97. The molecule has 1 amide bonds. The summed E-state index contributed by atoms with van der Waals surface area (Å²) in [5.74, 6) is -0.351. The van der Waals surface area contributed by atoms with Gasteiger partial charge in [0, 0.05) is 37.0 Å². The number of nitriles is 1. The van der Waals surface area contributed by atoms with Gasteiger partial charge in [-0.1, -0.05) is 32.0 Å². The zero-order valence-corrected chi connectivity index (χ0v) is 15.6. The van der Waals surface area contributed by atoms with Crippen LogP contribution in [0.3, 0.4) is 0 Å². The number of allylic oxidation sites excluding steroid dienone is 3. The van der Waals surface area contributed by atoms with Crippen molar-refractivity contribution >= 4 is 11.6 Å². The van der Waals surface area contributed by atoms with Crippen LogP contribution in [-0.4, -0.2) is 32.2 Å². The molecule has 3 rings (SSSR count). The van der Waals surface area contributed by atoms with Crippen LogP contribution < -0.4 is 10.2 Å². The van der Waals surface area contributed by atoms with Crippen molar-refractivity contribution < 1.29 is 9.53 Å². The van der Waals surface area contributed by atoms with Crippen molar-refractivity contribution in [1.29, 1.82) is 5.26 Å². The van der Waals surface area contributed by atoms with E-state index >= 15 is 0 Å². The maximum atomic E-state index is 12.3. The number of nitrogens with zero attached hydrogens (tertiary/aromatic N) is 2. The van der Waals surface area contributed by atoms with E-state index in [1.54, 1.807) is 6.08 Å². The van der Waals surface area contributed by atoms with Crippen LogP contribution in [0.1, 0.15) is 32.3 Å². The Hall–Kier alpha value is -2.58. The Morgan fingerprint density at radius 3 is 2.88 bits per heavy atom. The van der Waals surface area contributed by atoms with Crippen LogP contribution in [-0.2, 0) is 14.9 Å². The Morgan fingerprint density at radius 2 is 2.23 bits per heavy atom. The first-order valence-corrected chi connectivity index (χ1v) is 9.00. The van der Waals surface area contributed by atoms with E-state index in [1.165, 1.54) is 5.56 Å². The lowest BCUT2D eigenvalue weighted by atomic mass is 9.83. The summed E-state index contributed by atoms with van der Waals surface area (Å²) in [4.78, 5) is 14.4. The summed E-state index contributed by atoms with van der Waals surface area (Å²) in [6.45, 7) is 5.50. The molecule has 2 aliphatic rings. The molecule has 0 bridgehead atoms. The van der Waals surface area contributed by atoms with Gasteiger partial charge in [0.2, 0.25) is 0 Å². The van der Waals surface area contributed by atoms with Crippen molar-refractivity contribution in [2.75, 3.05) is 25.1 Å². The number of fused-ring (bicyclic) bond motifs is 1. The molecule has 1 unspecified atom stereocenters. The molecule has 1 aromatic rings. The van der Waals surface area contributed by atoms with Crippen molar-refractivity contribution in [2.24, 2.45) is 0 Å². The molecular weight excluding hydrogens is 326 g/mol. The third-order valence-corrected chi connectivity index (χ3v) is 5.23. The molecule has 26 heavy (non-hydrogen) atoms. The summed E-state index contributed by atoms with van der Waals surface area (Å²) in [5, 5.41) is 12.2. The molecule has 0 aromatic heterocycles. The van der Waals surface area contributed by atoms with Gasteiger partial charge in [-0.3, -0.25) is 4.79 Å². The fraction of sp³-hybridized carbons (Fsp3) is 0.429. The maximum absolute atomic E-state index is 12.3. The lowest BCUT2D eigenvalue weighted by Crippen LogP contribution is -2.32. The van der Waals surface area contributed by atoms with E-state index in [2.05, 4.69) is 36.2 Å². The third-order valence-electron chi connectivity index (χ3n) is 5.23. The number of para-hydroxylation sites is 1. The number of rotatable bonds is 4. The minimum Gasteiger partial charge on any atom is -0.376 e. The van der Waals surface area contributed by atoms with Crippen molar-refractivity contribution in [2.45, 2.75) is 38.2 Å². The van der Waals surface area contributed by atoms with E-state index in [4.69, 9.17) is 4.74 Å². The van der Waals surface area contributed by atoms with Crippen LogP contribution >= 0.6 is 0 Å². The van der Waals surface area contributed by atoms with Gasteiger partial charge >= 0.3 is 0 Å². The van der Waals surface area contributed by atoms with Crippen molar-refractivity contribution in [1.82, 2.24) is 5.32 Å². The van der Waals surface area contributed by atoms with Gasteiger partial charge in [0.1, 0.15) is 11.6 Å². The number of hydrogen-bond acceptors (Lipinski definition) is 4. The zero-order valence-electron chi connectivity index (χ0n) is 15.6. The molecule has 0 saturated carbocycles. The smallest absolute Gasteiger partial charge is 0.262 e. The van der Waals surface area contributed by atoms with E-state index in [-0.39, 0.29) is 23.0 Å². The average Bonchev–Trinajstić information content (AvgIpc) is 3.22. The molecule has 5 heteroatoms. The second kappa shape index (κ2) is 7.35. The van der Waals surface area contributed by atoms with Gasteiger partial charge in [-0.15, -0.1) is 0 Å². The lowest BCUT2D eigenvalue weighted by Gasteiger charge is -2.23. The van der Waals surface area contributed by atoms with Crippen LogP contribution in [0, 0.1) is 11.3 Å². The number of nitrogens with one attached hydrogen (secondary N) is 1. The Labute approximate surface area is 154 Å². The molecule has 136 valence electrons. The van der Waals surface area contributed by atoms with Gasteiger partial charge in [-0.25, -0.2) is 0 Å². The second-order valence-corrected chi connectivity index (χ2v) is 7.29. The van der Waals surface area contributed by atoms with Crippen LogP contribution in [0.5, 0.6) is 0 Å². The van der Waals surface area contributed by atoms with Gasteiger partial charge in [-0.05, 0) is 36.6 Å². The summed E-state index contributed by atoms with van der Waals surface area (Å²) in [6, 6.07) is 10.3. The number of ether oxygens (including phenoxy) is 1. The van der Waals surface area contributed by atoms with E-state index in [0.29, 0.717) is 6.54 Å². The van der Waals surface area contributed by atoms with Gasteiger partial charge in [0.15, 0.2) is 0 Å². The Morgan fingerprint density at radius 1 is 1.46 bits per heavy atom. The van der Waals surface area contributed by atoms with E-state index in [9.17, 15) is 10.1 Å². The van der Waals surface area contributed by atoms with Gasteiger partial charge in [0.25, 0.3) is 5.91 Å². The standard InChI is InChI=1S/C21H25N3O2/c1-21(2)17-8-4-5-9-18(17)24(3)19(21)11-10-15(13-22)20(25)23-14-16-7-6-12-26-16/h4-5,8-11,16H,6-7,12,14H2,1-3H3,(H,23,25)/b15-10+,19-11-. The summed E-state index contributed by atoms with van der Waals surface area (Å²) in [7, 11) is 2.01. The van der Waals surface area contributed by atoms with Crippen LogP contribution in [0.25, 0.3) is 0 Å². The molecule has 0 radical (unpaired) electrons. The zero-order chi connectivity index (χ0) is 18.7. The fourth-order valence-corrected chi connectivity index (χ4v) is 3.73. The third kappa shape index (κ3) is 3.38. The quantitative estimate of drug-likeness (QED) is 0.669. The van der Waals surface area contributed by atoms with Gasteiger partial charge < -0.3 is 15.0 Å². The first-order chi connectivity index (χ1) is 12.4. The minimum absolute atomic E-state index is 0.0617. The fourth-order valence-electron chi connectivity index (χ4n) is 3.73. The first kappa shape index (κ1) is 18.2. The summed E-state index contributed by atoms with van der Waals surface area (Å²) in [6.07, 6.45) is 5.53. The molecule has 5 nitrogen and oxygen atoms in total. The Bertz CT molecular complexity index is 796. The SMILES string of the molecule is CN1/C(=C\C=C(/C#N)C(=O)NCC2CCCO2)C(C)(C)c2ccccc21. The number of amides is 1. The molecule has 1 N–H and O–H groups in total. The summed E-state index contributed by atoms with van der Waals surface area (Å²) >= 11 is 0. The molecule has 1 saturated heterocycles. The monoisotopic (exact) mass is 351 g/mol. The van der Waals surface area contributed by atoms with E-state index < -0.39 is 0 Å². The second-order valence-electron chi connectivity index (χ2n) is 7.29. The number of hydrogen-bond donors (Lipinski definition) is 1. The molecule has 0 spiro atoms. The first-order valence-electron chi connectivity index (χ1n) is 9.00. The highest BCUT2D eigenvalue weighted by Crippen LogP contribution is 2.46. The molecule has 1 atom stereocenters. The Kier molecular flexibility index (Phi) is 5.15. The molecule has 2 heterocycles. The number of benzene rings is 1. The molecule has 2 aliphatic heterocycles. The minimum atomic E-state index is -0.351. The average molecular weight is 351 g/mol. The van der Waals surface area contributed by atoms with Crippen molar-refractivity contribution in [3.8, 4) is 6.07 Å². The number of likely N-dealkylation sites (N-methyl/N-ethyl adjacent to an activating group) is 1. The van der Waals surface area contributed by atoms with Gasteiger partial charge in [0.05, 0.1) is 6.10 Å². The highest BCUT2D eigenvalue weighted by atomic mass is 16.5. The normalized spacial score (nSPS) is 23.0. The maximum Gasteiger partial charge on any atom is 0.262 e.